The van der Waals surface area contributed by atoms with Crippen molar-refractivity contribution in [1.29, 1.82) is 0 Å². The Labute approximate surface area is 343 Å². The van der Waals surface area contributed by atoms with Crippen molar-refractivity contribution in [3.8, 4) is 0 Å². The van der Waals surface area contributed by atoms with Crippen molar-refractivity contribution in [2.75, 3.05) is 54.1 Å². The number of esters is 1. The van der Waals surface area contributed by atoms with Crippen LogP contribution in [0.5, 0.6) is 0 Å². The first-order valence-electron chi connectivity index (χ1n) is 22.2. The smallest absolute Gasteiger partial charge is 0.457 e. The minimum Gasteiger partial charge on any atom is -0.457 e. The van der Waals surface area contributed by atoms with Crippen LogP contribution in [0.1, 0.15) is 155 Å². The van der Waals surface area contributed by atoms with Gasteiger partial charge in [-0.2, -0.15) is 0 Å². The van der Waals surface area contributed by atoms with Crippen LogP contribution in [0, 0.1) is 0 Å². The summed E-state index contributed by atoms with van der Waals surface area (Å²) in [6.07, 6.45) is 46.1. The molecule has 0 spiro atoms. The number of allylic oxidation sites excluding steroid dienone is 9. The molecule has 0 saturated carbocycles. The van der Waals surface area contributed by atoms with Gasteiger partial charge in [0.25, 0.3) is 0 Å². The number of hydrogen-bond acceptors (Lipinski definition) is 7. The summed E-state index contributed by atoms with van der Waals surface area (Å²) < 4.78 is 40.4. The molecule has 9 nitrogen and oxygen atoms in total. The number of nitrogens with zero attached hydrogens (tertiary/aromatic N) is 1. The fourth-order valence-electron chi connectivity index (χ4n) is 6.00. The molecule has 0 aliphatic carbocycles. The van der Waals surface area contributed by atoms with Gasteiger partial charge < -0.3 is 23.6 Å². The van der Waals surface area contributed by atoms with Crippen LogP contribution >= 0.6 is 7.82 Å². The van der Waals surface area contributed by atoms with E-state index in [9.17, 15) is 14.3 Å². The summed E-state index contributed by atoms with van der Waals surface area (Å²) in [5.41, 5.74) is 0. The molecule has 10 heteroatoms. The molecule has 0 bridgehead atoms. The number of quaternary nitrogens is 1. The zero-order chi connectivity index (χ0) is 41.0. The van der Waals surface area contributed by atoms with Crippen LogP contribution in [0.2, 0.25) is 0 Å². The molecule has 1 rings (SSSR count). The molecule has 324 valence electrons. The molecule has 0 radical (unpaired) electrons. The predicted octanol–water partition coefficient (Wildman–Crippen LogP) is 11.9. The summed E-state index contributed by atoms with van der Waals surface area (Å²) in [6.45, 7) is 5.41. The van der Waals surface area contributed by atoms with Crippen LogP contribution in [-0.2, 0) is 32.6 Å². The summed E-state index contributed by atoms with van der Waals surface area (Å²) in [5, 5.41) is 0. The number of phosphoric ester groups is 1. The van der Waals surface area contributed by atoms with Crippen LogP contribution in [0.4, 0.5) is 0 Å². The molecule has 1 aliphatic heterocycles. The van der Waals surface area contributed by atoms with Crippen LogP contribution in [-0.4, -0.2) is 87.8 Å². The normalized spacial score (nSPS) is 18.0. The fourth-order valence-corrected chi connectivity index (χ4v) is 6.74. The predicted molar refractivity (Wildman–Crippen MR) is 233 cm³/mol. The van der Waals surface area contributed by atoms with Crippen LogP contribution in [0.25, 0.3) is 0 Å². The Morgan fingerprint density at radius 2 is 1.16 bits per heavy atom. The Morgan fingerprint density at radius 1 is 0.661 bits per heavy atom. The number of carbonyl (C=O) groups excluding carboxylic acids is 1. The first kappa shape index (κ1) is 52.2. The van der Waals surface area contributed by atoms with Crippen molar-refractivity contribution in [3.63, 3.8) is 0 Å². The van der Waals surface area contributed by atoms with Crippen LogP contribution in [0.15, 0.2) is 60.8 Å². The fraction of sp³-hybridized carbons (Fsp3) is 0.761. The standard InChI is InChI=1S/C46H82NO8P/c1-6-8-9-10-11-12-13-14-20-23-26-29-32-35-39-51-41-43(42-53-56(49,50)52-40-38-47(3,4)5)54-46(48)37-34-31-28-25-22-19-17-15-16-18-21-24-27-30-33-36-45-44(7-2)55-45/h15-16,19,21-22,24,28,30-31,33,43-45H,6-14,17-18,20,23,25-27,29,32,34-42H2,1-5H3/p+1/b16-15-,22-19-,24-21-,31-28-,33-30-. The van der Waals surface area contributed by atoms with Crippen molar-refractivity contribution >= 4 is 13.8 Å². The minimum atomic E-state index is -4.30. The van der Waals surface area contributed by atoms with Crippen molar-refractivity contribution < 1.29 is 42.0 Å². The maximum absolute atomic E-state index is 12.7. The number of rotatable bonds is 39. The van der Waals surface area contributed by atoms with E-state index in [0.717, 1.165) is 51.4 Å². The van der Waals surface area contributed by atoms with Gasteiger partial charge in [-0.05, 0) is 51.4 Å². The average Bonchev–Trinajstić information content (AvgIpc) is 3.92. The van der Waals surface area contributed by atoms with Gasteiger partial charge in [-0.3, -0.25) is 13.8 Å². The number of likely N-dealkylation sites (N-methyl/N-ethyl adjacent to an activating group) is 1. The van der Waals surface area contributed by atoms with Crippen molar-refractivity contribution in [3.05, 3.63) is 60.8 Å². The quantitative estimate of drug-likeness (QED) is 0.0163. The Morgan fingerprint density at radius 3 is 1.66 bits per heavy atom. The molecule has 1 aliphatic rings. The molecule has 1 saturated heterocycles. The summed E-state index contributed by atoms with van der Waals surface area (Å²) in [6, 6.07) is 0. The first-order chi connectivity index (χ1) is 27.1. The lowest BCUT2D eigenvalue weighted by atomic mass is 10.0. The Balaban J connectivity index is 2.26. The molecule has 1 heterocycles. The Hall–Kier alpha value is -1.84. The first-order valence-corrected chi connectivity index (χ1v) is 23.7. The van der Waals surface area contributed by atoms with Crippen molar-refractivity contribution in [2.45, 2.75) is 173 Å². The number of epoxide rings is 1. The zero-order valence-electron chi connectivity index (χ0n) is 36.3. The second-order valence-electron chi connectivity index (χ2n) is 16.1. The van der Waals surface area contributed by atoms with E-state index in [-0.39, 0.29) is 26.2 Å². The highest BCUT2D eigenvalue weighted by Crippen LogP contribution is 2.43. The molecule has 56 heavy (non-hydrogen) atoms. The van der Waals surface area contributed by atoms with E-state index in [1.807, 2.05) is 33.3 Å². The molecule has 0 aromatic heterocycles. The third-order valence-electron chi connectivity index (χ3n) is 9.58. The minimum absolute atomic E-state index is 0.0719. The van der Waals surface area contributed by atoms with E-state index in [0.29, 0.717) is 36.3 Å². The average molecular weight is 809 g/mol. The van der Waals surface area contributed by atoms with Gasteiger partial charge in [0.1, 0.15) is 19.3 Å². The van der Waals surface area contributed by atoms with Crippen molar-refractivity contribution in [2.24, 2.45) is 0 Å². The highest BCUT2D eigenvalue weighted by molar-refractivity contribution is 7.47. The molecular weight excluding hydrogens is 725 g/mol. The van der Waals surface area contributed by atoms with Gasteiger partial charge in [0.05, 0.1) is 46.6 Å². The topological polar surface area (TPSA) is 104 Å². The molecule has 0 aromatic rings. The largest absolute Gasteiger partial charge is 0.472 e. The van der Waals surface area contributed by atoms with E-state index in [1.165, 1.54) is 77.0 Å². The number of phosphoric acid groups is 1. The molecule has 0 amide bonds. The van der Waals surface area contributed by atoms with Gasteiger partial charge in [-0.25, -0.2) is 4.57 Å². The summed E-state index contributed by atoms with van der Waals surface area (Å²) >= 11 is 0. The number of unbranched alkanes of at least 4 members (excludes halogenated alkanes) is 13. The summed E-state index contributed by atoms with van der Waals surface area (Å²) in [7, 11) is 1.61. The molecule has 1 N–H and O–H groups in total. The van der Waals surface area contributed by atoms with Gasteiger partial charge in [0, 0.05) is 13.0 Å². The lowest BCUT2D eigenvalue weighted by Gasteiger charge is -2.24. The maximum atomic E-state index is 12.7. The zero-order valence-corrected chi connectivity index (χ0v) is 37.2. The lowest BCUT2D eigenvalue weighted by molar-refractivity contribution is -0.870. The monoisotopic (exact) mass is 809 g/mol. The Kier molecular flexibility index (Phi) is 32.7. The highest BCUT2D eigenvalue weighted by Gasteiger charge is 2.35. The third-order valence-corrected chi connectivity index (χ3v) is 10.6. The van der Waals surface area contributed by atoms with E-state index in [4.69, 9.17) is 23.3 Å². The van der Waals surface area contributed by atoms with E-state index in [2.05, 4.69) is 62.5 Å². The van der Waals surface area contributed by atoms with Gasteiger partial charge in [0.2, 0.25) is 0 Å². The molecular formula is C46H83NO8P+. The van der Waals surface area contributed by atoms with Gasteiger partial charge in [-0.15, -0.1) is 0 Å². The molecule has 4 unspecified atom stereocenters. The summed E-state index contributed by atoms with van der Waals surface area (Å²) in [5.74, 6) is -0.397. The lowest BCUT2D eigenvalue weighted by Crippen LogP contribution is -2.37. The number of ether oxygens (including phenoxy) is 3. The second kappa shape index (κ2) is 35.1. The van der Waals surface area contributed by atoms with Gasteiger partial charge >= 0.3 is 13.8 Å². The van der Waals surface area contributed by atoms with E-state index < -0.39 is 19.9 Å². The van der Waals surface area contributed by atoms with Crippen LogP contribution in [0.3, 0.4) is 0 Å². The number of hydrogen-bond donors (Lipinski definition) is 1. The summed E-state index contributed by atoms with van der Waals surface area (Å²) in [4.78, 5) is 22.9. The molecule has 4 atom stereocenters. The molecule has 1 fully saturated rings. The van der Waals surface area contributed by atoms with Gasteiger partial charge in [0.15, 0.2) is 0 Å². The second-order valence-corrected chi connectivity index (χ2v) is 17.5. The molecule has 0 aromatic carbocycles. The SMILES string of the molecule is CCCCCCCCCCCCCCCCOCC(COP(=O)(O)OCC[N+](C)(C)C)OC(=O)CC/C=C\C/C=C\C/C=C\C/C=C\C/C=C\CC1OC1CC. The van der Waals surface area contributed by atoms with E-state index in [1.54, 1.807) is 0 Å². The third kappa shape index (κ3) is 35.3. The van der Waals surface area contributed by atoms with Gasteiger partial charge in [-0.1, -0.05) is 158 Å². The van der Waals surface area contributed by atoms with Crippen molar-refractivity contribution in [1.82, 2.24) is 0 Å². The maximum Gasteiger partial charge on any atom is 0.472 e. The number of carbonyl (C=O) groups is 1. The highest BCUT2D eigenvalue weighted by atomic mass is 31.2. The van der Waals surface area contributed by atoms with E-state index >= 15 is 0 Å². The van der Waals surface area contributed by atoms with Crippen LogP contribution < -0.4 is 0 Å². The Bertz CT molecular complexity index is 1140.